The highest BCUT2D eigenvalue weighted by atomic mass is 16.4. The lowest BCUT2D eigenvalue weighted by Gasteiger charge is -2.27. The van der Waals surface area contributed by atoms with E-state index in [-0.39, 0.29) is 16.5 Å². The third kappa shape index (κ3) is 4.46. The second-order valence-electron chi connectivity index (χ2n) is 7.84. The van der Waals surface area contributed by atoms with Crippen LogP contribution in [0.3, 0.4) is 0 Å². The van der Waals surface area contributed by atoms with Gasteiger partial charge in [0.15, 0.2) is 0 Å². The van der Waals surface area contributed by atoms with E-state index >= 15 is 0 Å². The lowest BCUT2D eigenvalue weighted by Crippen LogP contribution is -2.13. The first-order valence-corrected chi connectivity index (χ1v) is 9.24. The van der Waals surface area contributed by atoms with Crippen LogP contribution in [0, 0.1) is 0 Å². The summed E-state index contributed by atoms with van der Waals surface area (Å²) in [6.45, 7) is 6.44. The van der Waals surface area contributed by atoms with E-state index in [2.05, 4.69) is 32.9 Å². The average molecular weight is 389 g/mol. The van der Waals surface area contributed by atoms with Crippen molar-refractivity contribution in [3.05, 3.63) is 89.5 Å². The number of carbonyl (C=O) groups is 2. The van der Waals surface area contributed by atoms with Gasteiger partial charge < -0.3 is 15.1 Å². The number of rotatable bonds is 5. The Labute approximate surface area is 169 Å². The van der Waals surface area contributed by atoms with Crippen LogP contribution in [0.4, 0.5) is 17.1 Å². The van der Waals surface area contributed by atoms with E-state index in [0.717, 1.165) is 17.1 Å². The smallest absolute Gasteiger partial charge is 0.335 e. The fourth-order valence-electron chi connectivity index (χ4n) is 3.06. The number of hydrogen-bond acceptors (Lipinski definition) is 3. The molecular weight excluding hydrogens is 366 g/mol. The third-order valence-electron chi connectivity index (χ3n) is 4.74. The molecule has 0 fully saturated rings. The molecule has 5 nitrogen and oxygen atoms in total. The minimum Gasteiger partial charge on any atom is -0.478 e. The fourth-order valence-corrected chi connectivity index (χ4v) is 3.06. The highest BCUT2D eigenvalue weighted by Crippen LogP contribution is 2.36. The number of nitrogens with zero attached hydrogens (tertiary/aromatic N) is 1. The van der Waals surface area contributed by atoms with Gasteiger partial charge in [-0.05, 0) is 71.6 Å². The normalized spacial score (nSPS) is 11.1. The average Bonchev–Trinajstić information content (AvgIpc) is 2.69. The van der Waals surface area contributed by atoms with Crippen LogP contribution >= 0.6 is 0 Å². The summed E-state index contributed by atoms with van der Waals surface area (Å²) in [6.07, 6.45) is 0. The molecule has 3 aromatic rings. The zero-order chi connectivity index (χ0) is 21.2. The topological polar surface area (TPSA) is 77.8 Å². The molecule has 0 aliphatic rings. The Morgan fingerprint density at radius 2 is 0.931 bits per heavy atom. The van der Waals surface area contributed by atoms with Crippen LogP contribution in [-0.2, 0) is 5.41 Å². The summed E-state index contributed by atoms with van der Waals surface area (Å²) in [5.74, 6) is -1.97. The highest BCUT2D eigenvalue weighted by Gasteiger charge is 2.17. The van der Waals surface area contributed by atoms with Gasteiger partial charge in [0, 0.05) is 17.1 Å². The monoisotopic (exact) mass is 389 g/mol. The van der Waals surface area contributed by atoms with Crippen molar-refractivity contribution in [1.29, 1.82) is 0 Å². The van der Waals surface area contributed by atoms with E-state index in [1.165, 1.54) is 5.56 Å². The summed E-state index contributed by atoms with van der Waals surface area (Å²) in [4.78, 5) is 24.3. The fraction of sp³-hybridized carbons (Fsp3) is 0.167. The summed E-state index contributed by atoms with van der Waals surface area (Å²) >= 11 is 0. The molecule has 0 atom stereocenters. The number of carboxylic acids is 2. The molecule has 0 saturated carbocycles. The molecule has 3 aromatic carbocycles. The van der Waals surface area contributed by atoms with Gasteiger partial charge in [-0.3, -0.25) is 0 Å². The number of carboxylic acid groups (broad SMARTS) is 2. The zero-order valence-corrected chi connectivity index (χ0v) is 16.6. The van der Waals surface area contributed by atoms with Crippen LogP contribution in [0.5, 0.6) is 0 Å². The van der Waals surface area contributed by atoms with Crippen molar-refractivity contribution in [2.24, 2.45) is 0 Å². The summed E-state index contributed by atoms with van der Waals surface area (Å²) in [7, 11) is 0. The zero-order valence-electron chi connectivity index (χ0n) is 16.6. The summed E-state index contributed by atoms with van der Waals surface area (Å²) in [5.41, 5.74) is 4.09. The molecule has 0 bridgehead atoms. The lowest BCUT2D eigenvalue weighted by molar-refractivity contribution is 0.0686. The molecule has 0 radical (unpaired) electrons. The lowest BCUT2D eigenvalue weighted by atomic mass is 9.87. The van der Waals surface area contributed by atoms with Crippen LogP contribution in [0.2, 0.25) is 0 Å². The van der Waals surface area contributed by atoms with Crippen LogP contribution in [-0.4, -0.2) is 22.2 Å². The van der Waals surface area contributed by atoms with E-state index < -0.39 is 11.9 Å². The summed E-state index contributed by atoms with van der Waals surface area (Å²) in [6, 6.07) is 21.4. The van der Waals surface area contributed by atoms with E-state index in [0.29, 0.717) is 0 Å². The number of anilines is 3. The maximum atomic E-state index is 11.2. The number of hydrogen-bond donors (Lipinski definition) is 2. The maximum absolute atomic E-state index is 11.2. The van der Waals surface area contributed by atoms with Crippen LogP contribution < -0.4 is 4.90 Å². The van der Waals surface area contributed by atoms with Crippen LogP contribution in [0.1, 0.15) is 47.1 Å². The second-order valence-corrected chi connectivity index (χ2v) is 7.84. The highest BCUT2D eigenvalue weighted by molar-refractivity contribution is 5.90. The quantitative estimate of drug-likeness (QED) is 0.572. The van der Waals surface area contributed by atoms with E-state index in [1.54, 1.807) is 48.5 Å². The number of aromatic carboxylic acids is 2. The molecule has 2 N–H and O–H groups in total. The largest absolute Gasteiger partial charge is 0.478 e. The van der Waals surface area contributed by atoms with Crippen molar-refractivity contribution < 1.29 is 19.8 Å². The van der Waals surface area contributed by atoms with E-state index in [1.807, 2.05) is 17.0 Å². The van der Waals surface area contributed by atoms with Gasteiger partial charge in [-0.1, -0.05) is 32.9 Å². The third-order valence-corrected chi connectivity index (χ3v) is 4.74. The molecule has 0 heterocycles. The van der Waals surface area contributed by atoms with Crippen molar-refractivity contribution in [2.75, 3.05) is 4.90 Å². The molecule has 5 heteroatoms. The van der Waals surface area contributed by atoms with Crippen LogP contribution in [0.15, 0.2) is 72.8 Å². The molecule has 0 unspecified atom stereocenters. The second kappa shape index (κ2) is 7.80. The van der Waals surface area contributed by atoms with Gasteiger partial charge in [-0.25, -0.2) is 9.59 Å². The van der Waals surface area contributed by atoms with Crippen molar-refractivity contribution in [1.82, 2.24) is 0 Å². The van der Waals surface area contributed by atoms with Gasteiger partial charge in [0.2, 0.25) is 0 Å². The van der Waals surface area contributed by atoms with Crippen molar-refractivity contribution in [3.63, 3.8) is 0 Å². The minimum absolute atomic E-state index is 0.0234. The van der Waals surface area contributed by atoms with Gasteiger partial charge in [-0.2, -0.15) is 0 Å². The molecule has 29 heavy (non-hydrogen) atoms. The Hall–Kier alpha value is -3.60. The van der Waals surface area contributed by atoms with Gasteiger partial charge >= 0.3 is 11.9 Å². The molecule has 3 rings (SSSR count). The van der Waals surface area contributed by atoms with E-state index in [9.17, 15) is 9.59 Å². The predicted molar refractivity (Wildman–Crippen MR) is 114 cm³/mol. The van der Waals surface area contributed by atoms with Crippen molar-refractivity contribution in [3.8, 4) is 0 Å². The van der Waals surface area contributed by atoms with Crippen molar-refractivity contribution in [2.45, 2.75) is 26.2 Å². The van der Waals surface area contributed by atoms with Crippen LogP contribution in [0.25, 0.3) is 0 Å². The summed E-state index contributed by atoms with van der Waals surface area (Å²) in [5, 5.41) is 18.3. The van der Waals surface area contributed by atoms with Gasteiger partial charge in [0.05, 0.1) is 11.1 Å². The molecular formula is C24H23NO4. The SMILES string of the molecule is CC(C)(C)c1ccc(N(c2ccc(C(=O)O)cc2)c2ccc(C(=O)O)cc2)cc1. The number of benzene rings is 3. The van der Waals surface area contributed by atoms with Gasteiger partial charge in [-0.15, -0.1) is 0 Å². The Balaban J connectivity index is 2.08. The van der Waals surface area contributed by atoms with E-state index in [4.69, 9.17) is 10.2 Å². The maximum Gasteiger partial charge on any atom is 0.335 e. The first-order valence-electron chi connectivity index (χ1n) is 9.24. The molecule has 0 aromatic heterocycles. The van der Waals surface area contributed by atoms with Gasteiger partial charge in [0.1, 0.15) is 0 Å². The molecule has 0 saturated heterocycles. The van der Waals surface area contributed by atoms with Crippen molar-refractivity contribution >= 4 is 29.0 Å². The molecule has 0 aliphatic carbocycles. The Morgan fingerprint density at radius 3 is 1.21 bits per heavy atom. The predicted octanol–water partition coefficient (Wildman–Crippen LogP) is 5.85. The minimum atomic E-state index is -0.983. The Morgan fingerprint density at radius 1 is 0.621 bits per heavy atom. The Kier molecular flexibility index (Phi) is 5.41. The Bertz CT molecular complexity index is 957. The first kappa shape index (κ1) is 20.1. The molecule has 0 amide bonds. The summed E-state index contributed by atoms with van der Waals surface area (Å²) < 4.78 is 0. The molecule has 0 spiro atoms. The first-order chi connectivity index (χ1) is 13.7. The molecule has 148 valence electrons. The standard InChI is InChI=1S/C24H23NO4/c1-24(2,3)18-8-14-21(15-9-18)25(19-10-4-16(5-11-19)22(26)27)20-12-6-17(7-13-20)23(28)29/h4-15H,1-3H3,(H,26,27)(H,28,29). The van der Waals surface area contributed by atoms with Gasteiger partial charge in [0.25, 0.3) is 0 Å². The molecule has 0 aliphatic heterocycles.